The molecule has 0 unspecified atom stereocenters. The number of amides is 1. The van der Waals surface area contributed by atoms with Gasteiger partial charge < -0.3 is 24.2 Å². The summed E-state index contributed by atoms with van der Waals surface area (Å²) in [4.78, 5) is 24.5. The summed E-state index contributed by atoms with van der Waals surface area (Å²) in [5.74, 6) is 0.237. The summed E-state index contributed by atoms with van der Waals surface area (Å²) in [6, 6.07) is 2.64. The number of nitrogens with zero attached hydrogens (tertiary/aromatic N) is 1. The average Bonchev–Trinajstić information content (AvgIpc) is 2.87. The van der Waals surface area contributed by atoms with Crippen molar-refractivity contribution in [1.29, 1.82) is 0 Å². The second-order valence-electron chi connectivity index (χ2n) is 4.95. The Morgan fingerprint density at radius 3 is 2.27 bits per heavy atom. The van der Waals surface area contributed by atoms with Crippen LogP contribution >= 0.6 is 0 Å². The highest BCUT2D eigenvalue weighted by atomic mass is 16.5. The molecule has 1 aromatic rings. The fourth-order valence-electron chi connectivity index (χ4n) is 2.61. The summed E-state index contributed by atoms with van der Waals surface area (Å²) in [7, 11) is 4.51. The zero-order chi connectivity index (χ0) is 16.3. The minimum Gasteiger partial charge on any atom is -0.493 e. The largest absolute Gasteiger partial charge is 0.493 e. The van der Waals surface area contributed by atoms with E-state index in [0.717, 1.165) is 5.56 Å². The molecule has 1 atom stereocenters. The Morgan fingerprint density at radius 2 is 1.82 bits per heavy atom. The number of carboxylic acid groups (broad SMARTS) is 1. The van der Waals surface area contributed by atoms with Crippen molar-refractivity contribution < 1.29 is 28.9 Å². The maximum atomic E-state index is 11.9. The van der Waals surface area contributed by atoms with Crippen molar-refractivity contribution in [2.24, 2.45) is 0 Å². The van der Waals surface area contributed by atoms with Gasteiger partial charge in [-0.05, 0) is 24.1 Å². The van der Waals surface area contributed by atoms with Gasteiger partial charge >= 0.3 is 5.97 Å². The second-order valence-corrected chi connectivity index (χ2v) is 4.95. The van der Waals surface area contributed by atoms with Crippen LogP contribution in [-0.4, -0.2) is 49.3 Å². The molecule has 1 saturated heterocycles. The van der Waals surface area contributed by atoms with Crippen LogP contribution in [0.4, 0.5) is 0 Å². The monoisotopic (exact) mass is 309 g/mol. The van der Waals surface area contributed by atoms with Gasteiger partial charge in [-0.15, -0.1) is 0 Å². The third-order valence-electron chi connectivity index (χ3n) is 3.69. The lowest BCUT2D eigenvalue weighted by Crippen LogP contribution is -2.37. The van der Waals surface area contributed by atoms with Crippen LogP contribution in [-0.2, 0) is 16.1 Å². The van der Waals surface area contributed by atoms with Gasteiger partial charge in [0.05, 0.1) is 21.3 Å². The van der Waals surface area contributed by atoms with E-state index in [2.05, 4.69) is 0 Å². The van der Waals surface area contributed by atoms with Gasteiger partial charge in [0.25, 0.3) is 0 Å². The lowest BCUT2D eigenvalue weighted by molar-refractivity contribution is -0.146. The van der Waals surface area contributed by atoms with Gasteiger partial charge in [0.1, 0.15) is 6.04 Å². The van der Waals surface area contributed by atoms with Crippen LogP contribution in [0.1, 0.15) is 18.4 Å². The number of benzene rings is 1. The van der Waals surface area contributed by atoms with Gasteiger partial charge in [0.2, 0.25) is 11.7 Å². The van der Waals surface area contributed by atoms with Gasteiger partial charge in [-0.2, -0.15) is 0 Å². The summed E-state index contributed by atoms with van der Waals surface area (Å²) in [5, 5.41) is 9.20. The van der Waals surface area contributed by atoms with E-state index in [1.807, 2.05) is 0 Å². The molecule has 0 radical (unpaired) electrons. The van der Waals surface area contributed by atoms with Crippen LogP contribution in [0.15, 0.2) is 12.1 Å². The number of likely N-dealkylation sites (tertiary alicyclic amines) is 1. The molecular formula is C15H19NO6. The highest BCUT2D eigenvalue weighted by molar-refractivity contribution is 5.87. The van der Waals surface area contributed by atoms with E-state index in [9.17, 15) is 14.7 Å². The SMILES string of the molecule is COc1cc(CN2C(=O)CC[C@@H]2C(=O)O)cc(OC)c1OC. The van der Waals surface area contributed by atoms with E-state index >= 15 is 0 Å². The van der Waals surface area contributed by atoms with Crippen LogP contribution in [0, 0.1) is 0 Å². The van der Waals surface area contributed by atoms with Crippen molar-refractivity contribution in [2.45, 2.75) is 25.4 Å². The molecule has 1 aliphatic heterocycles. The van der Waals surface area contributed by atoms with E-state index in [-0.39, 0.29) is 18.9 Å². The maximum absolute atomic E-state index is 11.9. The summed E-state index contributed by atoms with van der Waals surface area (Å²) in [5.41, 5.74) is 0.719. The van der Waals surface area contributed by atoms with Crippen LogP contribution in [0.2, 0.25) is 0 Å². The smallest absolute Gasteiger partial charge is 0.326 e. The quantitative estimate of drug-likeness (QED) is 0.852. The van der Waals surface area contributed by atoms with Gasteiger partial charge in [0, 0.05) is 13.0 Å². The van der Waals surface area contributed by atoms with Crippen molar-refractivity contribution in [3.63, 3.8) is 0 Å². The topological polar surface area (TPSA) is 85.3 Å². The summed E-state index contributed by atoms with van der Waals surface area (Å²) >= 11 is 0. The molecule has 1 heterocycles. The predicted octanol–water partition coefficient (Wildman–Crippen LogP) is 1.29. The number of carboxylic acids is 1. The molecule has 1 fully saturated rings. The maximum Gasteiger partial charge on any atom is 0.326 e. The number of carbonyl (C=O) groups is 2. The normalized spacial score (nSPS) is 17.5. The van der Waals surface area contributed by atoms with Gasteiger partial charge in [0.15, 0.2) is 11.5 Å². The third-order valence-corrected chi connectivity index (χ3v) is 3.69. The standard InChI is InChI=1S/C15H19NO6/c1-20-11-6-9(7-12(21-2)14(11)22-3)8-16-10(15(18)19)4-5-13(16)17/h6-7,10H,4-5,8H2,1-3H3,(H,18,19)/t10-/m1/s1. The van der Waals surface area contributed by atoms with Crippen molar-refractivity contribution in [3.05, 3.63) is 17.7 Å². The molecule has 1 N–H and O–H groups in total. The zero-order valence-electron chi connectivity index (χ0n) is 12.8. The highest BCUT2D eigenvalue weighted by Gasteiger charge is 2.36. The Kier molecular flexibility index (Phi) is 4.75. The van der Waals surface area contributed by atoms with Crippen LogP contribution < -0.4 is 14.2 Å². The van der Waals surface area contributed by atoms with E-state index in [1.54, 1.807) is 12.1 Å². The van der Waals surface area contributed by atoms with Crippen LogP contribution in [0.3, 0.4) is 0 Å². The third kappa shape index (κ3) is 2.93. The summed E-state index contributed by atoms with van der Waals surface area (Å²) < 4.78 is 15.8. The minimum absolute atomic E-state index is 0.166. The molecular weight excluding hydrogens is 290 g/mol. The Labute approximate surface area is 128 Å². The average molecular weight is 309 g/mol. The second kappa shape index (κ2) is 6.55. The van der Waals surface area contributed by atoms with E-state index < -0.39 is 12.0 Å². The molecule has 0 saturated carbocycles. The molecule has 0 spiro atoms. The molecule has 7 nitrogen and oxygen atoms in total. The lowest BCUT2D eigenvalue weighted by Gasteiger charge is -2.22. The first-order chi connectivity index (χ1) is 10.5. The number of methoxy groups -OCH3 is 3. The predicted molar refractivity (Wildman–Crippen MR) is 77.3 cm³/mol. The fourth-order valence-corrected chi connectivity index (χ4v) is 2.61. The Bertz CT molecular complexity index is 560. The van der Waals surface area contributed by atoms with Gasteiger partial charge in [-0.3, -0.25) is 4.79 Å². The van der Waals surface area contributed by atoms with Crippen molar-refractivity contribution in [1.82, 2.24) is 4.90 Å². The summed E-state index contributed by atoms with van der Waals surface area (Å²) in [6.45, 7) is 0.187. The number of hydrogen-bond acceptors (Lipinski definition) is 5. The molecule has 0 aliphatic carbocycles. The van der Waals surface area contributed by atoms with E-state index in [1.165, 1.54) is 26.2 Å². The van der Waals surface area contributed by atoms with Crippen molar-refractivity contribution >= 4 is 11.9 Å². The van der Waals surface area contributed by atoms with Gasteiger partial charge in [-0.25, -0.2) is 4.79 Å². The zero-order valence-corrected chi connectivity index (χ0v) is 12.8. The molecule has 0 aromatic heterocycles. The Balaban J connectivity index is 2.32. The van der Waals surface area contributed by atoms with Crippen molar-refractivity contribution in [3.8, 4) is 17.2 Å². The molecule has 2 rings (SSSR count). The molecule has 1 amide bonds. The van der Waals surface area contributed by atoms with E-state index in [0.29, 0.717) is 23.7 Å². The summed E-state index contributed by atoms with van der Waals surface area (Å²) in [6.07, 6.45) is 0.583. The van der Waals surface area contributed by atoms with Crippen LogP contribution in [0.5, 0.6) is 17.2 Å². The van der Waals surface area contributed by atoms with Gasteiger partial charge in [-0.1, -0.05) is 0 Å². The lowest BCUT2D eigenvalue weighted by atomic mass is 10.1. The number of aliphatic carboxylic acids is 1. The number of carbonyl (C=O) groups excluding carboxylic acids is 1. The number of hydrogen-bond donors (Lipinski definition) is 1. The number of ether oxygens (including phenoxy) is 3. The number of rotatable bonds is 6. The first kappa shape index (κ1) is 15.9. The Hall–Kier alpha value is -2.44. The highest BCUT2D eigenvalue weighted by Crippen LogP contribution is 2.38. The first-order valence-corrected chi connectivity index (χ1v) is 6.83. The molecule has 120 valence electrons. The molecule has 22 heavy (non-hydrogen) atoms. The minimum atomic E-state index is -0.988. The molecule has 1 aliphatic rings. The Morgan fingerprint density at radius 1 is 1.23 bits per heavy atom. The molecule has 1 aromatic carbocycles. The fraction of sp³-hybridized carbons (Fsp3) is 0.467. The van der Waals surface area contributed by atoms with E-state index in [4.69, 9.17) is 14.2 Å². The molecule has 7 heteroatoms. The molecule has 0 bridgehead atoms. The van der Waals surface area contributed by atoms with Crippen molar-refractivity contribution in [2.75, 3.05) is 21.3 Å². The first-order valence-electron chi connectivity index (χ1n) is 6.83. The van der Waals surface area contributed by atoms with Crippen LogP contribution in [0.25, 0.3) is 0 Å².